The molecule has 2 aliphatic rings. The van der Waals surface area contributed by atoms with Gasteiger partial charge in [-0.25, -0.2) is 0 Å². The Bertz CT molecular complexity index is 2330. The number of hydrogen-bond donors (Lipinski definition) is 1. The number of amides is 2. The second kappa shape index (κ2) is 15.9. The first-order chi connectivity index (χ1) is 26.2. The molecule has 2 aromatic carbocycles. The van der Waals surface area contributed by atoms with E-state index in [2.05, 4.69) is 50.0 Å². The summed E-state index contributed by atoms with van der Waals surface area (Å²) < 4.78 is 4.04. The number of carbonyl (C=O) groups is 3. The van der Waals surface area contributed by atoms with Gasteiger partial charge in [0.25, 0.3) is 5.91 Å². The highest BCUT2D eigenvalue weighted by atomic mass is 35.5. The molecule has 13 heteroatoms. The fourth-order valence-corrected chi connectivity index (χ4v) is 8.51. The molecule has 54 heavy (non-hydrogen) atoms. The van der Waals surface area contributed by atoms with Crippen molar-refractivity contribution < 1.29 is 14.4 Å². The summed E-state index contributed by atoms with van der Waals surface area (Å²) in [5, 5.41) is 17.7. The van der Waals surface area contributed by atoms with Crippen molar-refractivity contribution in [2.45, 2.75) is 84.5 Å². The number of aryl methyl sites for hydroxylation is 3. The maximum Gasteiger partial charge on any atom is 0.255 e. The summed E-state index contributed by atoms with van der Waals surface area (Å²) in [5.74, 6) is 8.07. The molecule has 5 aromatic rings. The van der Waals surface area contributed by atoms with E-state index < -0.39 is 6.04 Å². The van der Waals surface area contributed by atoms with E-state index in [1.807, 2.05) is 67.3 Å². The van der Waals surface area contributed by atoms with Crippen molar-refractivity contribution in [1.82, 2.24) is 34.8 Å². The lowest BCUT2D eigenvalue weighted by Gasteiger charge is -2.22. The van der Waals surface area contributed by atoms with Crippen LogP contribution in [0.1, 0.15) is 105 Å². The monoisotopic (exact) mass is 760 g/mol. The quantitative estimate of drug-likeness (QED) is 0.0871. The van der Waals surface area contributed by atoms with Gasteiger partial charge >= 0.3 is 0 Å². The lowest BCUT2D eigenvalue weighted by atomic mass is 9.98. The van der Waals surface area contributed by atoms with Crippen LogP contribution in [0, 0.1) is 25.7 Å². The molecule has 0 fully saturated rings. The summed E-state index contributed by atoms with van der Waals surface area (Å²) in [6, 6.07) is 12.8. The summed E-state index contributed by atoms with van der Waals surface area (Å²) >= 11 is 7.85. The van der Waals surface area contributed by atoms with Gasteiger partial charge in [0.05, 0.1) is 28.4 Å². The van der Waals surface area contributed by atoms with Crippen LogP contribution in [0.5, 0.6) is 0 Å². The first-order valence-electron chi connectivity index (χ1n) is 18.2. The molecule has 0 bridgehead atoms. The molecular weight excluding hydrogens is 720 g/mol. The van der Waals surface area contributed by atoms with E-state index in [1.54, 1.807) is 23.3 Å². The van der Waals surface area contributed by atoms with E-state index in [0.717, 1.165) is 99.1 Å². The van der Waals surface area contributed by atoms with Gasteiger partial charge in [0, 0.05) is 54.5 Å². The second-order valence-corrected chi connectivity index (χ2v) is 15.1. The highest BCUT2D eigenvalue weighted by Gasteiger charge is 2.34. The van der Waals surface area contributed by atoms with Gasteiger partial charge in [-0.05, 0) is 81.3 Å². The molecule has 2 atom stereocenters. The fourth-order valence-electron chi connectivity index (χ4n) is 7.16. The maximum atomic E-state index is 13.2. The maximum absolute atomic E-state index is 13.2. The van der Waals surface area contributed by atoms with Crippen molar-refractivity contribution in [3.63, 3.8) is 0 Å². The fraction of sp³-hybridized carbons (Fsp3) is 0.341. The van der Waals surface area contributed by atoms with Gasteiger partial charge in [0.15, 0.2) is 5.82 Å². The molecule has 2 amide bonds. The summed E-state index contributed by atoms with van der Waals surface area (Å²) in [7, 11) is 1.56. The number of aliphatic imine (C=N–C) groups is 1. The summed E-state index contributed by atoms with van der Waals surface area (Å²) in [4.78, 5) is 44.4. The smallest absolute Gasteiger partial charge is 0.255 e. The minimum Gasteiger partial charge on any atom is -0.359 e. The Hall–Kier alpha value is -5.38. The Kier molecular flexibility index (Phi) is 10.9. The van der Waals surface area contributed by atoms with Crippen LogP contribution in [-0.4, -0.2) is 66.3 Å². The molecule has 0 saturated heterocycles. The third-order valence-corrected chi connectivity index (χ3v) is 11.6. The van der Waals surface area contributed by atoms with Crippen LogP contribution in [0.15, 0.2) is 59.9 Å². The largest absolute Gasteiger partial charge is 0.359 e. The van der Waals surface area contributed by atoms with E-state index in [9.17, 15) is 14.4 Å². The summed E-state index contributed by atoms with van der Waals surface area (Å²) in [5.41, 5.74) is 7.58. The van der Waals surface area contributed by atoms with Crippen LogP contribution >= 0.6 is 22.9 Å². The van der Waals surface area contributed by atoms with E-state index in [1.165, 1.54) is 0 Å². The number of nitrogens with one attached hydrogen (secondary N) is 1. The van der Waals surface area contributed by atoms with Gasteiger partial charge in [0.1, 0.15) is 23.2 Å². The Labute approximate surface area is 323 Å². The Morgan fingerprint density at radius 3 is 2.70 bits per heavy atom. The minimum absolute atomic E-state index is 0.145. The van der Waals surface area contributed by atoms with Gasteiger partial charge < -0.3 is 15.0 Å². The van der Waals surface area contributed by atoms with Gasteiger partial charge in [0.2, 0.25) is 5.91 Å². The van der Waals surface area contributed by atoms with E-state index in [4.69, 9.17) is 16.6 Å². The molecule has 7 rings (SSSR count). The van der Waals surface area contributed by atoms with Crippen LogP contribution in [0.2, 0.25) is 5.02 Å². The van der Waals surface area contributed by atoms with E-state index >= 15 is 0 Å². The number of unbranched alkanes of at least 4 members (excludes halogenated alkanes) is 2. The Balaban J connectivity index is 0.987. The molecule has 2 aliphatic heterocycles. The molecule has 0 aliphatic carbocycles. The molecule has 5 heterocycles. The van der Waals surface area contributed by atoms with Gasteiger partial charge in [-0.2, -0.15) is 5.10 Å². The highest BCUT2D eigenvalue weighted by Crippen LogP contribution is 2.39. The van der Waals surface area contributed by atoms with Crippen molar-refractivity contribution >= 4 is 46.7 Å². The average Bonchev–Trinajstić information content (AvgIpc) is 3.93. The van der Waals surface area contributed by atoms with Crippen molar-refractivity contribution in [1.29, 1.82) is 0 Å². The zero-order chi connectivity index (χ0) is 37.9. The summed E-state index contributed by atoms with van der Waals surface area (Å²) in [6.45, 7) is 7.26. The normalized spacial score (nSPS) is 15.1. The van der Waals surface area contributed by atoms with Crippen LogP contribution in [-0.2, 0) is 29.1 Å². The molecule has 0 saturated carbocycles. The number of aldehydes is 1. The number of aromatic nitrogens is 5. The SMILES string of the molecule is CNC(=O)CCC(C=O)N1Cc2c(CCCCCn3cc(C#Cc4sc5c(c4C)C(c4ccc(Cl)cc4)=N[C@@H](C)c4nnc(C)n4-5)cn3)cccc2C1=O. The Morgan fingerprint density at radius 2 is 1.93 bits per heavy atom. The number of carbonyl (C=O) groups excluding carboxylic acids is 3. The molecule has 0 spiro atoms. The lowest BCUT2D eigenvalue weighted by Crippen LogP contribution is -2.37. The number of benzene rings is 2. The third-order valence-electron chi connectivity index (χ3n) is 10.1. The van der Waals surface area contributed by atoms with Crippen molar-refractivity contribution in [3.8, 4) is 16.8 Å². The number of rotatable bonds is 12. The molecule has 1 unspecified atom stereocenters. The first kappa shape index (κ1) is 37.0. The standard InChI is InChI=1S/C41H41ClN8O3S/c1-25-35(54-41-37(25)38(30-13-15-31(42)16-14-30)45-26(2)39-47-46-27(3)50(39)41)18-12-28-21-44-48(22-28)20-7-5-6-9-29-10-8-11-33-34(29)23-49(40(33)53)32(24-51)17-19-36(52)43-4/h8,10-11,13-16,21-22,24,26,32H,5-7,9,17,19-20,23H2,1-4H3,(H,43,52)/t26-,32?/m0/s1. The lowest BCUT2D eigenvalue weighted by molar-refractivity contribution is -0.121. The summed E-state index contributed by atoms with van der Waals surface area (Å²) in [6.07, 6.45) is 8.82. The van der Waals surface area contributed by atoms with Gasteiger partial charge in [-0.15, -0.1) is 21.5 Å². The molecule has 1 N–H and O–H groups in total. The van der Waals surface area contributed by atoms with E-state index in [-0.39, 0.29) is 24.3 Å². The highest BCUT2D eigenvalue weighted by molar-refractivity contribution is 7.15. The van der Waals surface area contributed by atoms with Crippen LogP contribution in [0.25, 0.3) is 5.00 Å². The number of nitrogens with zero attached hydrogens (tertiary/aromatic N) is 7. The molecule has 11 nitrogen and oxygen atoms in total. The van der Waals surface area contributed by atoms with Crippen LogP contribution in [0.3, 0.4) is 0 Å². The topological polar surface area (TPSA) is 127 Å². The average molecular weight is 761 g/mol. The van der Waals surface area contributed by atoms with Crippen molar-refractivity contribution in [2.75, 3.05) is 7.05 Å². The molecular formula is C41H41ClN8O3S. The molecule has 0 radical (unpaired) electrons. The van der Waals surface area contributed by atoms with Crippen LogP contribution < -0.4 is 5.32 Å². The van der Waals surface area contributed by atoms with Gasteiger partial charge in [-0.3, -0.25) is 23.8 Å². The van der Waals surface area contributed by atoms with Crippen molar-refractivity contribution in [2.24, 2.45) is 4.99 Å². The zero-order valence-electron chi connectivity index (χ0n) is 30.7. The first-order valence-corrected chi connectivity index (χ1v) is 19.4. The number of thiophene rings is 1. The predicted octanol–water partition coefficient (Wildman–Crippen LogP) is 6.57. The third kappa shape index (κ3) is 7.39. The molecule has 276 valence electrons. The Morgan fingerprint density at radius 1 is 1.11 bits per heavy atom. The predicted molar refractivity (Wildman–Crippen MR) is 209 cm³/mol. The number of fused-ring (bicyclic) bond motifs is 4. The van der Waals surface area contributed by atoms with E-state index in [0.29, 0.717) is 23.6 Å². The zero-order valence-corrected chi connectivity index (χ0v) is 32.3. The van der Waals surface area contributed by atoms with Crippen molar-refractivity contribution in [3.05, 3.63) is 115 Å². The number of hydrogen-bond acceptors (Lipinski definition) is 8. The van der Waals surface area contributed by atoms with Crippen LogP contribution in [0.4, 0.5) is 0 Å². The van der Waals surface area contributed by atoms with Gasteiger partial charge in [-0.1, -0.05) is 54.1 Å². The minimum atomic E-state index is -0.623. The molecule has 3 aromatic heterocycles. The number of halogens is 1. The second-order valence-electron chi connectivity index (χ2n) is 13.7.